The first-order valence-electron chi connectivity index (χ1n) is 8.69. The Hall–Kier alpha value is -3.48. The van der Waals surface area contributed by atoms with Crippen LogP contribution in [0.4, 0.5) is 11.4 Å². The van der Waals surface area contributed by atoms with E-state index in [1.54, 1.807) is 60.7 Å². The molecular formula is C22H14Cl2N2O4. The van der Waals surface area contributed by atoms with Crippen LogP contribution in [0, 0.1) is 20.2 Å². The molecule has 0 aliphatic heterocycles. The van der Waals surface area contributed by atoms with Gasteiger partial charge in [-0.1, -0.05) is 83.9 Å². The van der Waals surface area contributed by atoms with Gasteiger partial charge in [-0.3, -0.25) is 20.2 Å². The van der Waals surface area contributed by atoms with Crippen LogP contribution in [0.1, 0.15) is 22.3 Å². The molecule has 150 valence electrons. The van der Waals surface area contributed by atoms with Crippen LogP contribution in [-0.2, 0) is 0 Å². The molecule has 0 radical (unpaired) electrons. The van der Waals surface area contributed by atoms with Gasteiger partial charge >= 0.3 is 0 Å². The van der Waals surface area contributed by atoms with Gasteiger partial charge in [0.25, 0.3) is 11.4 Å². The Balaban J connectivity index is 2.21. The third-order valence-electron chi connectivity index (χ3n) is 4.21. The van der Waals surface area contributed by atoms with Gasteiger partial charge in [0.05, 0.1) is 37.1 Å². The van der Waals surface area contributed by atoms with E-state index in [1.807, 2.05) is 12.1 Å². The highest BCUT2D eigenvalue weighted by molar-refractivity contribution is 6.53. The first kappa shape index (κ1) is 21.2. The Kier molecular flexibility index (Phi) is 6.61. The molecular weight excluding hydrogens is 427 g/mol. The van der Waals surface area contributed by atoms with Gasteiger partial charge < -0.3 is 0 Å². The normalized spacial score (nSPS) is 11.9. The molecule has 0 spiro atoms. The van der Waals surface area contributed by atoms with E-state index in [4.69, 9.17) is 23.2 Å². The molecule has 0 unspecified atom stereocenters. The SMILES string of the molecule is O=[N+]([O-])c1cc([N+](=O)[O-])c(/C(Cl)=C\c2ccccc2)cc1/C(Cl)=C/c1ccccc1. The van der Waals surface area contributed by atoms with Gasteiger partial charge in [0, 0.05) is 0 Å². The second-order valence-electron chi connectivity index (χ2n) is 6.21. The minimum absolute atomic E-state index is 0.0331. The molecule has 8 heteroatoms. The summed E-state index contributed by atoms with van der Waals surface area (Å²) in [5.41, 5.74) is 0.556. The third kappa shape index (κ3) is 4.92. The van der Waals surface area contributed by atoms with Crippen molar-refractivity contribution in [3.8, 4) is 0 Å². The molecule has 0 amide bonds. The predicted molar refractivity (Wildman–Crippen MR) is 120 cm³/mol. The number of nitro groups is 2. The van der Waals surface area contributed by atoms with Crippen LogP contribution < -0.4 is 0 Å². The van der Waals surface area contributed by atoms with E-state index in [9.17, 15) is 20.2 Å². The molecule has 30 heavy (non-hydrogen) atoms. The van der Waals surface area contributed by atoms with Gasteiger partial charge in [0.2, 0.25) is 0 Å². The first-order chi connectivity index (χ1) is 14.4. The largest absolute Gasteiger partial charge is 0.285 e. The second kappa shape index (κ2) is 9.35. The maximum Gasteiger partial charge on any atom is 0.285 e. The summed E-state index contributed by atoms with van der Waals surface area (Å²) in [6, 6.07) is 20.1. The first-order valence-corrected chi connectivity index (χ1v) is 9.44. The van der Waals surface area contributed by atoms with Gasteiger partial charge in [-0.15, -0.1) is 0 Å². The summed E-state index contributed by atoms with van der Waals surface area (Å²) >= 11 is 12.8. The monoisotopic (exact) mass is 440 g/mol. The smallest absolute Gasteiger partial charge is 0.258 e. The van der Waals surface area contributed by atoms with Crippen molar-refractivity contribution in [1.29, 1.82) is 0 Å². The molecule has 6 nitrogen and oxygen atoms in total. The number of hydrogen-bond donors (Lipinski definition) is 0. The van der Waals surface area contributed by atoms with Crippen molar-refractivity contribution in [3.63, 3.8) is 0 Å². The topological polar surface area (TPSA) is 86.3 Å². The van der Waals surface area contributed by atoms with E-state index in [-0.39, 0.29) is 21.2 Å². The Morgan fingerprint density at radius 3 is 1.37 bits per heavy atom. The highest BCUT2D eigenvalue weighted by Gasteiger charge is 2.27. The van der Waals surface area contributed by atoms with Crippen molar-refractivity contribution >= 4 is 56.8 Å². The lowest BCUT2D eigenvalue weighted by Gasteiger charge is -2.08. The van der Waals surface area contributed by atoms with Crippen LogP contribution in [0.25, 0.3) is 22.2 Å². The molecule has 0 saturated carbocycles. The predicted octanol–water partition coefficient (Wildman–Crippen LogP) is 6.98. The molecule has 0 heterocycles. The number of nitrogens with zero attached hydrogens (tertiary/aromatic N) is 2. The highest BCUT2D eigenvalue weighted by Crippen LogP contribution is 2.39. The molecule has 0 N–H and O–H groups in total. The number of rotatable bonds is 6. The molecule has 3 rings (SSSR count). The van der Waals surface area contributed by atoms with Gasteiger partial charge in [-0.25, -0.2) is 0 Å². The summed E-state index contributed by atoms with van der Waals surface area (Å²) in [7, 11) is 0. The Morgan fingerprint density at radius 2 is 1.03 bits per heavy atom. The molecule has 0 aromatic heterocycles. The lowest BCUT2D eigenvalue weighted by atomic mass is 10.0. The summed E-state index contributed by atoms with van der Waals surface area (Å²) in [6.07, 6.45) is 3.10. The quantitative estimate of drug-likeness (QED) is 0.235. The maximum atomic E-state index is 11.6. The lowest BCUT2D eigenvalue weighted by molar-refractivity contribution is -0.394. The van der Waals surface area contributed by atoms with Crippen LogP contribution >= 0.6 is 23.2 Å². The maximum absolute atomic E-state index is 11.6. The zero-order valence-electron chi connectivity index (χ0n) is 15.4. The molecule has 0 aliphatic carbocycles. The van der Waals surface area contributed by atoms with Crippen LogP contribution in [0.15, 0.2) is 72.8 Å². The summed E-state index contributed by atoms with van der Waals surface area (Å²) in [5, 5.41) is 23.3. The molecule has 0 atom stereocenters. The van der Waals surface area contributed by atoms with E-state index in [0.29, 0.717) is 0 Å². The lowest BCUT2D eigenvalue weighted by Crippen LogP contribution is -2.00. The van der Waals surface area contributed by atoms with Gasteiger partial charge in [0.15, 0.2) is 0 Å². The standard InChI is InChI=1S/C22H14Cl2N2O4/c23-19(11-15-7-3-1-4-8-15)17-13-18(20(24)12-16-9-5-2-6-10-16)22(26(29)30)14-21(17)25(27)28/h1-14H/b19-11-,20-12+. The van der Waals surface area contributed by atoms with Crippen LogP contribution in [0.2, 0.25) is 0 Å². The van der Waals surface area contributed by atoms with Crippen molar-refractivity contribution in [2.75, 3.05) is 0 Å². The van der Waals surface area contributed by atoms with Crippen molar-refractivity contribution in [2.24, 2.45) is 0 Å². The Morgan fingerprint density at radius 1 is 0.667 bits per heavy atom. The molecule has 0 aliphatic rings. The molecule has 0 fully saturated rings. The van der Waals surface area contributed by atoms with E-state index in [0.717, 1.165) is 17.2 Å². The van der Waals surface area contributed by atoms with Crippen molar-refractivity contribution in [2.45, 2.75) is 0 Å². The average Bonchev–Trinajstić information content (AvgIpc) is 2.74. The Bertz CT molecular complexity index is 1070. The minimum Gasteiger partial charge on any atom is -0.258 e. The number of halogens is 2. The molecule has 0 saturated heterocycles. The van der Waals surface area contributed by atoms with E-state index >= 15 is 0 Å². The zero-order chi connectivity index (χ0) is 21.7. The summed E-state index contributed by atoms with van der Waals surface area (Å²) in [4.78, 5) is 21.7. The number of nitro benzene ring substituents is 2. The van der Waals surface area contributed by atoms with E-state index in [1.165, 1.54) is 6.07 Å². The van der Waals surface area contributed by atoms with Gasteiger partial charge in [0.1, 0.15) is 0 Å². The van der Waals surface area contributed by atoms with Crippen molar-refractivity contribution in [3.05, 3.63) is 115 Å². The van der Waals surface area contributed by atoms with Crippen molar-refractivity contribution < 1.29 is 9.85 Å². The van der Waals surface area contributed by atoms with Crippen molar-refractivity contribution in [1.82, 2.24) is 0 Å². The fourth-order valence-electron chi connectivity index (χ4n) is 2.81. The highest BCUT2D eigenvalue weighted by atomic mass is 35.5. The molecule has 3 aromatic rings. The van der Waals surface area contributed by atoms with Gasteiger partial charge in [-0.2, -0.15) is 0 Å². The molecule has 3 aromatic carbocycles. The van der Waals surface area contributed by atoms with Gasteiger partial charge in [-0.05, 0) is 29.3 Å². The van der Waals surface area contributed by atoms with E-state index in [2.05, 4.69) is 0 Å². The Labute approximate surface area is 182 Å². The molecule has 0 bridgehead atoms. The second-order valence-corrected chi connectivity index (χ2v) is 7.02. The van der Waals surface area contributed by atoms with Crippen LogP contribution in [0.5, 0.6) is 0 Å². The van der Waals surface area contributed by atoms with Crippen LogP contribution in [0.3, 0.4) is 0 Å². The fourth-order valence-corrected chi connectivity index (χ4v) is 3.36. The minimum atomic E-state index is -0.706. The zero-order valence-corrected chi connectivity index (χ0v) is 16.9. The van der Waals surface area contributed by atoms with E-state index < -0.39 is 21.2 Å². The average molecular weight is 441 g/mol. The number of hydrogen-bond acceptors (Lipinski definition) is 4. The summed E-state index contributed by atoms with van der Waals surface area (Å²) in [5.74, 6) is 0. The summed E-state index contributed by atoms with van der Waals surface area (Å²) in [6.45, 7) is 0. The number of benzene rings is 3. The fraction of sp³-hybridized carbons (Fsp3) is 0. The van der Waals surface area contributed by atoms with Crippen LogP contribution in [-0.4, -0.2) is 9.85 Å². The summed E-state index contributed by atoms with van der Waals surface area (Å²) < 4.78 is 0. The third-order valence-corrected chi connectivity index (χ3v) is 4.83.